The van der Waals surface area contributed by atoms with Gasteiger partial charge in [-0.1, -0.05) is 53.7 Å². The van der Waals surface area contributed by atoms with Crippen molar-refractivity contribution in [3.8, 4) is 5.75 Å². The van der Waals surface area contributed by atoms with Gasteiger partial charge in [0.15, 0.2) is 11.0 Å². The van der Waals surface area contributed by atoms with Crippen molar-refractivity contribution >= 4 is 35.2 Å². The first-order chi connectivity index (χ1) is 17.0. The Morgan fingerprint density at radius 1 is 1.03 bits per heavy atom. The molecule has 1 aromatic heterocycles. The minimum Gasteiger partial charge on any atom is -0.486 e. The highest BCUT2D eigenvalue weighted by Crippen LogP contribution is 2.42. The molecule has 0 saturated heterocycles. The smallest absolute Gasteiger partial charge is 0.258 e. The zero-order chi connectivity index (χ0) is 24.4. The number of rotatable bonds is 6. The molecule has 0 saturated carbocycles. The second-order valence-corrected chi connectivity index (χ2v) is 9.27. The highest BCUT2D eigenvalue weighted by molar-refractivity contribution is 7.99. The van der Waals surface area contributed by atoms with Crippen LogP contribution in [0.5, 0.6) is 5.75 Å². The van der Waals surface area contributed by atoms with Crippen molar-refractivity contribution in [2.75, 3.05) is 0 Å². The number of hydrogen-bond donors (Lipinski definition) is 1. The Morgan fingerprint density at radius 2 is 1.74 bits per heavy atom. The van der Waals surface area contributed by atoms with Crippen LogP contribution in [-0.4, -0.2) is 32.6 Å². The number of carbonyl (C=O) groups is 2. The Bertz CT molecular complexity index is 1350. The fourth-order valence-electron chi connectivity index (χ4n) is 3.68. The summed E-state index contributed by atoms with van der Waals surface area (Å²) < 4.78 is 20.7. The van der Waals surface area contributed by atoms with E-state index in [4.69, 9.17) is 16.3 Å². The molecule has 1 aliphatic rings. The van der Waals surface area contributed by atoms with Crippen molar-refractivity contribution in [2.45, 2.75) is 23.1 Å². The molecule has 0 fully saturated rings. The lowest BCUT2D eigenvalue weighted by molar-refractivity contribution is 0.0781. The highest BCUT2D eigenvalue weighted by atomic mass is 35.5. The molecule has 0 bridgehead atoms. The third-order valence-corrected chi connectivity index (χ3v) is 6.95. The van der Waals surface area contributed by atoms with Crippen LogP contribution in [0, 0.1) is 5.82 Å². The van der Waals surface area contributed by atoms with E-state index < -0.39 is 28.9 Å². The quantitative estimate of drug-likeness (QED) is 0.397. The Hall–Kier alpha value is -3.69. The van der Waals surface area contributed by atoms with Gasteiger partial charge in [-0.05, 0) is 54.1 Å². The predicted octanol–water partition coefficient (Wildman–Crippen LogP) is 4.94. The minimum absolute atomic E-state index is 0.0124. The molecule has 2 unspecified atom stereocenters. The molecule has 1 aliphatic heterocycles. The summed E-state index contributed by atoms with van der Waals surface area (Å²) >= 11 is 7.18. The molecule has 0 aliphatic carbocycles. The fraction of sp³-hybridized carbons (Fsp3) is 0.120. The number of hydrogen-bond acceptors (Lipinski definition) is 6. The van der Waals surface area contributed by atoms with E-state index in [1.54, 1.807) is 66.7 Å². The van der Waals surface area contributed by atoms with E-state index in [1.807, 2.05) is 0 Å². The monoisotopic (exact) mass is 508 g/mol. The van der Waals surface area contributed by atoms with Gasteiger partial charge in [0.2, 0.25) is 0 Å². The zero-order valence-corrected chi connectivity index (χ0v) is 19.7. The van der Waals surface area contributed by atoms with E-state index in [2.05, 4.69) is 15.5 Å². The van der Waals surface area contributed by atoms with Gasteiger partial charge < -0.3 is 10.1 Å². The van der Waals surface area contributed by atoms with Gasteiger partial charge in [-0.15, -0.1) is 10.2 Å². The molecule has 2 heterocycles. The Balaban J connectivity index is 1.45. The molecular formula is C25H18ClFN4O3S. The van der Waals surface area contributed by atoms with Crippen molar-refractivity contribution in [3.63, 3.8) is 0 Å². The molecule has 1 amide bonds. The van der Waals surface area contributed by atoms with Gasteiger partial charge in [-0.2, -0.15) is 0 Å². The van der Waals surface area contributed by atoms with E-state index in [9.17, 15) is 14.0 Å². The van der Waals surface area contributed by atoms with Gasteiger partial charge in [0.25, 0.3) is 11.8 Å². The largest absolute Gasteiger partial charge is 0.486 e. The third-order valence-electron chi connectivity index (χ3n) is 5.42. The van der Waals surface area contributed by atoms with E-state index in [-0.39, 0.29) is 6.61 Å². The van der Waals surface area contributed by atoms with Crippen LogP contribution >= 0.6 is 23.4 Å². The Morgan fingerprint density at radius 3 is 2.46 bits per heavy atom. The summed E-state index contributed by atoms with van der Waals surface area (Å²) in [7, 11) is 0. The van der Waals surface area contributed by atoms with E-state index in [1.165, 1.54) is 28.5 Å². The lowest BCUT2D eigenvalue weighted by atomic mass is 10.0. The number of halogens is 2. The van der Waals surface area contributed by atoms with Crippen LogP contribution in [0.25, 0.3) is 0 Å². The second kappa shape index (κ2) is 9.89. The first kappa shape index (κ1) is 23.1. The molecule has 7 nitrogen and oxygen atoms in total. The van der Waals surface area contributed by atoms with Crippen molar-refractivity contribution in [2.24, 2.45) is 0 Å². The number of nitrogens with one attached hydrogen (secondary N) is 1. The lowest BCUT2D eigenvalue weighted by Crippen LogP contribution is -2.49. The minimum atomic E-state index is -0.948. The van der Waals surface area contributed by atoms with E-state index in [0.717, 1.165) is 0 Å². The van der Waals surface area contributed by atoms with Crippen LogP contribution in [0.4, 0.5) is 4.39 Å². The molecule has 4 aromatic rings. The van der Waals surface area contributed by atoms with Crippen LogP contribution in [0.2, 0.25) is 5.02 Å². The molecule has 5 rings (SSSR count). The SMILES string of the molecule is O=C(NC1C(=O)n2c(COc3ccc(Cl)cc3)nnc2SC1c1ccc(F)cc1)c1ccccc1. The first-order valence-electron chi connectivity index (χ1n) is 10.6. The molecule has 176 valence electrons. The maximum Gasteiger partial charge on any atom is 0.258 e. The summed E-state index contributed by atoms with van der Waals surface area (Å²) in [5, 5.41) is 11.6. The molecule has 3 aromatic carbocycles. The van der Waals surface area contributed by atoms with Gasteiger partial charge in [-0.25, -0.2) is 8.96 Å². The van der Waals surface area contributed by atoms with Crippen molar-refractivity contribution in [1.29, 1.82) is 0 Å². The molecular weight excluding hydrogens is 491 g/mol. The average Bonchev–Trinajstić information content (AvgIpc) is 3.29. The van der Waals surface area contributed by atoms with Crippen LogP contribution in [0.15, 0.2) is 84.0 Å². The lowest BCUT2D eigenvalue weighted by Gasteiger charge is -2.31. The van der Waals surface area contributed by atoms with Gasteiger partial charge in [0.1, 0.15) is 24.2 Å². The van der Waals surface area contributed by atoms with E-state index in [0.29, 0.717) is 32.9 Å². The summed E-state index contributed by atoms with van der Waals surface area (Å²) in [6.45, 7) is -0.0124. The maximum absolute atomic E-state index is 13.7. The van der Waals surface area contributed by atoms with Crippen LogP contribution in [0.1, 0.15) is 31.8 Å². The van der Waals surface area contributed by atoms with Gasteiger partial charge >= 0.3 is 0 Å². The zero-order valence-electron chi connectivity index (χ0n) is 18.1. The summed E-state index contributed by atoms with van der Waals surface area (Å²) in [6, 6.07) is 20.3. The Labute approximate surface area is 209 Å². The normalized spacial score (nSPS) is 17.0. The van der Waals surface area contributed by atoms with Gasteiger partial charge in [0.05, 0.1) is 5.25 Å². The van der Waals surface area contributed by atoms with Gasteiger partial charge in [0, 0.05) is 10.6 Å². The fourth-order valence-corrected chi connectivity index (χ4v) is 5.04. The number of thioether (sulfide) groups is 1. The number of carbonyl (C=O) groups excluding carboxylic acids is 2. The van der Waals surface area contributed by atoms with Crippen molar-refractivity contribution in [3.05, 3.63) is 107 Å². The number of fused-ring (bicyclic) bond motifs is 1. The predicted molar refractivity (Wildman–Crippen MR) is 129 cm³/mol. The maximum atomic E-state index is 13.7. The van der Waals surface area contributed by atoms with Crippen LogP contribution in [-0.2, 0) is 6.61 Å². The number of benzene rings is 3. The number of nitrogens with zero attached hydrogens (tertiary/aromatic N) is 3. The number of aromatic nitrogens is 3. The summed E-state index contributed by atoms with van der Waals surface area (Å²) in [6.07, 6.45) is 0. The van der Waals surface area contributed by atoms with Crippen LogP contribution < -0.4 is 10.1 Å². The van der Waals surface area contributed by atoms with E-state index >= 15 is 0 Å². The van der Waals surface area contributed by atoms with Gasteiger partial charge in [-0.3, -0.25) is 9.59 Å². The highest BCUT2D eigenvalue weighted by Gasteiger charge is 2.41. The van der Waals surface area contributed by atoms with Crippen molar-refractivity contribution < 1.29 is 18.7 Å². The number of amides is 1. The standard InChI is InChI=1S/C25H18ClFN4O3S/c26-17-8-12-19(13-9-17)34-14-20-29-30-25-31(20)24(33)21(28-23(32)16-4-2-1-3-5-16)22(35-25)15-6-10-18(27)11-7-15/h1-13,21-22H,14H2,(H,28,32). The molecule has 10 heteroatoms. The Kier molecular flexibility index (Phi) is 6.52. The molecule has 0 radical (unpaired) electrons. The first-order valence-corrected chi connectivity index (χ1v) is 11.9. The average molecular weight is 509 g/mol. The molecule has 1 N–H and O–H groups in total. The number of ether oxygens (including phenoxy) is 1. The summed E-state index contributed by atoms with van der Waals surface area (Å²) in [4.78, 5) is 26.6. The third kappa shape index (κ3) is 4.91. The van der Waals surface area contributed by atoms with Crippen LogP contribution in [0.3, 0.4) is 0 Å². The molecule has 2 atom stereocenters. The molecule has 35 heavy (non-hydrogen) atoms. The molecule has 0 spiro atoms. The topological polar surface area (TPSA) is 86.1 Å². The van der Waals surface area contributed by atoms with Crippen molar-refractivity contribution in [1.82, 2.24) is 20.1 Å². The summed E-state index contributed by atoms with van der Waals surface area (Å²) in [5.41, 5.74) is 1.10. The summed E-state index contributed by atoms with van der Waals surface area (Å²) in [5.74, 6) is -0.343. The second-order valence-electron chi connectivity index (χ2n) is 7.72.